The molecule has 4 aromatic carbocycles. The highest BCUT2D eigenvalue weighted by Crippen LogP contribution is 2.44. The molecule has 4 fully saturated rings. The Bertz CT molecular complexity index is 4270. The van der Waals surface area contributed by atoms with Crippen LogP contribution in [0.4, 0.5) is 88.1 Å². The average molecular weight is 1790 g/mol. The molecule has 0 bridgehead atoms. The lowest BCUT2D eigenvalue weighted by Gasteiger charge is -2.36. The van der Waals surface area contributed by atoms with E-state index in [1.54, 1.807) is 62.3 Å². The lowest BCUT2D eigenvalue weighted by atomic mass is 9.76. The minimum absolute atomic E-state index is 0. The van der Waals surface area contributed by atoms with Crippen molar-refractivity contribution in [1.29, 1.82) is 0 Å². The molecule has 7 aliphatic heterocycles. The van der Waals surface area contributed by atoms with Crippen LogP contribution >= 0.6 is 15.9 Å². The molecule has 0 atom stereocenters. The SMILES string of the molecule is C.CC(C)(C)OC(=O)C1CCN(c2cc(C(F)(F)F)ccc2C2=CCCN(C(=O)OC(C)(C)C)C2)CC1.CC(C)(C)OC(=O)C1CCN(c2cc(C(F)(F)F)ccc2F)CC1.CC(C)(C)OC(=O)N1CCC=C(B2OC(C)(C)C(C)(C)O2)C1.COC(=O)C1CCN(c2cc(C(F)(F)F)ccc2C2=CCCNC2)CC1.Fc1ccc(C(F)(F)F)cc1Br. The molecule has 0 radical (unpaired) electrons. The van der Waals surface area contributed by atoms with Crippen molar-refractivity contribution in [3.8, 4) is 0 Å². The summed E-state index contributed by atoms with van der Waals surface area (Å²) in [5.74, 6) is -3.00. The molecule has 7 heterocycles. The smallest absolute Gasteiger partial charge is 0.469 e. The average Bonchev–Trinajstić information content (AvgIpc) is 1.65. The van der Waals surface area contributed by atoms with Crippen LogP contribution in [-0.2, 0) is 72.1 Å². The van der Waals surface area contributed by atoms with E-state index < -0.39 is 94.2 Å². The minimum Gasteiger partial charge on any atom is -0.469 e. The van der Waals surface area contributed by atoms with E-state index in [2.05, 4.69) is 33.4 Å². The highest BCUT2D eigenvalue weighted by Gasteiger charge is 2.53. The molecule has 0 spiro atoms. The number of anilines is 3. The number of nitrogens with zero attached hydrogens (tertiary/aromatic N) is 5. The van der Waals surface area contributed by atoms with Crippen LogP contribution in [0.15, 0.2) is 101 Å². The molecule has 0 aliphatic carbocycles. The zero-order valence-electron chi connectivity index (χ0n) is 71.1. The third kappa shape index (κ3) is 30.4. The van der Waals surface area contributed by atoms with Crippen molar-refractivity contribution in [1.82, 2.24) is 15.1 Å². The summed E-state index contributed by atoms with van der Waals surface area (Å²) in [6.07, 6.45) is -7.12. The molecule has 1 N–H and O–H groups in total. The standard InChI is InChI=1S/C27H37F3N2O4.C19H23F3N2O2.C17H21F4NO2.C16H28BNO4.C7H3BrF4.CH4/c1-25(2,3)35-23(33)18-11-14-31(15-12-18)22-16-20(27(28,29)30)9-10-21(22)19-8-7-13-32(17-19)24(34)36-26(4,5)6;1-26-18(25)13-6-9-24(10-7-13)17-11-15(19(20,21)22)4-5-16(17)14-3-2-8-23-12-14;1-16(2,3)24-15(23)11-6-8-22(9-7-11)14-10-12(17(19,20)21)4-5-13(14)18;1-14(2,3)20-13(19)18-10-8-9-12(11-18)17-21-15(4,5)16(6,7)22-17;8-5-3-4(7(10,11)12)1-2-6(5)9;/h8-10,16,18H,7,11-15,17H2,1-6H3;3-5,11,13,23H,2,6-10,12H2,1H3;4-5,10-11H,6-9H2,1-3H3;9H,8,10-11H2,1-7H3;1-3H;1H4. The van der Waals surface area contributed by atoms with Crippen LogP contribution < -0.4 is 20.0 Å². The number of alkyl halides is 12. The normalized spacial score (nSPS) is 18.5. The van der Waals surface area contributed by atoms with E-state index in [0.717, 1.165) is 78.0 Å². The van der Waals surface area contributed by atoms with Crippen LogP contribution in [0.25, 0.3) is 11.1 Å². The van der Waals surface area contributed by atoms with Gasteiger partial charge in [-0.2, -0.15) is 52.7 Å². The van der Waals surface area contributed by atoms with Gasteiger partial charge in [-0.05, 0) is 268 Å². The van der Waals surface area contributed by atoms with Gasteiger partial charge in [0.25, 0.3) is 0 Å². The van der Waals surface area contributed by atoms with E-state index in [4.69, 9.17) is 33.0 Å². The van der Waals surface area contributed by atoms with E-state index in [0.29, 0.717) is 139 Å². The highest BCUT2D eigenvalue weighted by atomic mass is 79.9. The summed E-state index contributed by atoms with van der Waals surface area (Å²) in [5.41, 5.74) is -0.869. The fourth-order valence-electron chi connectivity index (χ4n) is 13.8. The van der Waals surface area contributed by atoms with E-state index in [1.165, 1.54) is 25.3 Å². The van der Waals surface area contributed by atoms with Crippen LogP contribution in [0.5, 0.6) is 0 Å². The summed E-state index contributed by atoms with van der Waals surface area (Å²) in [6, 6.07) is 12.3. The molecule has 674 valence electrons. The van der Waals surface area contributed by atoms with Gasteiger partial charge in [0.05, 0.1) is 68.5 Å². The molecule has 4 saturated heterocycles. The van der Waals surface area contributed by atoms with Crippen molar-refractivity contribution in [2.75, 3.05) is 100 Å². The molecule has 18 nitrogen and oxygen atoms in total. The first-order valence-corrected chi connectivity index (χ1v) is 40.7. The number of hydrogen-bond acceptors (Lipinski definition) is 16. The van der Waals surface area contributed by atoms with E-state index in [1.807, 2.05) is 85.1 Å². The molecule has 0 unspecified atom stereocenters. The number of esters is 3. The molecular formula is C87H116BBrF14N6O12. The Morgan fingerprint density at radius 2 is 0.777 bits per heavy atom. The molecule has 4 aromatic rings. The molecule has 7 aliphatic rings. The van der Waals surface area contributed by atoms with Gasteiger partial charge >= 0.3 is 61.9 Å². The highest BCUT2D eigenvalue weighted by molar-refractivity contribution is 9.10. The Morgan fingerprint density at radius 3 is 1.15 bits per heavy atom. The van der Waals surface area contributed by atoms with Crippen molar-refractivity contribution >= 4 is 81.4 Å². The van der Waals surface area contributed by atoms with Gasteiger partial charge < -0.3 is 62.8 Å². The number of methoxy groups -OCH3 is 1. The minimum atomic E-state index is -4.52. The predicted molar refractivity (Wildman–Crippen MR) is 441 cm³/mol. The Labute approximate surface area is 710 Å². The summed E-state index contributed by atoms with van der Waals surface area (Å²) in [6.45, 7) is 35.9. The number of amides is 2. The number of halogens is 15. The first-order chi connectivity index (χ1) is 55.2. The van der Waals surface area contributed by atoms with Crippen LogP contribution in [-0.4, -0.2) is 166 Å². The van der Waals surface area contributed by atoms with Crippen molar-refractivity contribution in [2.45, 2.75) is 234 Å². The predicted octanol–water partition coefficient (Wildman–Crippen LogP) is 21.6. The summed E-state index contributed by atoms with van der Waals surface area (Å²) in [5, 5.41) is 3.27. The van der Waals surface area contributed by atoms with Gasteiger partial charge in [0, 0.05) is 94.5 Å². The first kappa shape index (κ1) is 102. The molecule has 0 aromatic heterocycles. The van der Waals surface area contributed by atoms with Gasteiger partial charge in [-0.25, -0.2) is 18.4 Å². The quantitative estimate of drug-likeness (QED) is 0.0723. The first-order valence-electron chi connectivity index (χ1n) is 39.9. The Hall–Kier alpha value is -8.11. The maximum atomic E-state index is 13.9. The Balaban J connectivity index is 0.000000242. The fraction of sp³-hybridized carbons (Fsp3) is 0.598. The van der Waals surface area contributed by atoms with Gasteiger partial charge in [-0.15, -0.1) is 0 Å². The number of hydrogen-bond donors (Lipinski definition) is 1. The van der Waals surface area contributed by atoms with Gasteiger partial charge in [-0.3, -0.25) is 14.4 Å². The van der Waals surface area contributed by atoms with Crippen molar-refractivity contribution in [3.05, 3.63) is 146 Å². The second-order valence-corrected chi connectivity index (χ2v) is 36.2. The number of ether oxygens (including phenoxy) is 5. The van der Waals surface area contributed by atoms with Gasteiger partial charge in [0.2, 0.25) is 0 Å². The zero-order chi connectivity index (χ0) is 89.9. The Kier molecular flexibility index (Phi) is 34.6. The van der Waals surface area contributed by atoms with E-state index in [9.17, 15) is 85.4 Å². The third-order valence-electron chi connectivity index (χ3n) is 20.6. The van der Waals surface area contributed by atoms with E-state index in [-0.39, 0.29) is 77.1 Å². The van der Waals surface area contributed by atoms with Crippen molar-refractivity contribution in [3.63, 3.8) is 0 Å². The third-order valence-corrected chi connectivity index (χ3v) is 21.2. The van der Waals surface area contributed by atoms with Gasteiger partial charge in [-0.1, -0.05) is 37.8 Å². The maximum Gasteiger partial charge on any atom is 0.492 e. The lowest BCUT2D eigenvalue weighted by molar-refractivity contribution is -0.161. The van der Waals surface area contributed by atoms with Crippen LogP contribution in [0, 0.1) is 29.4 Å². The van der Waals surface area contributed by atoms with Crippen molar-refractivity contribution < 1.29 is 118 Å². The number of carbonyl (C=O) groups is 5. The Morgan fingerprint density at radius 1 is 0.438 bits per heavy atom. The molecular weight excluding hydrogens is 1680 g/mol. The molecule has 121 heavy (non-hydrogen) atoms. The monoisotopic (exact) mass is 1790 g/mol. The lowest BCUT2D eigenvalue weighted by Crippen LogP contribution is -2.42. The van der Waals surface area contributed by atoms with Gasteiger partial charge in [0.1, 0.15) is 34.0 Å². The summed E-state index contributed by atoms with van der Waals surface area (Å²) in [4.78, 5) is 69.8. The van der Waals surface area contributed by atoms with Crippen LogP contribution in [0.2, 0.25) is 0 Å². The number of benzene rings is 4. The molecule has 2 amide bonds. The second kappa shape index (κ2) is 41.1. The topological polar surface area (TPSA) is 178 Å². The largest absolute Gasteiger partial charge is 0.492 e. The number of piperidine rings is 3. The molecule has 34 heteroatoms. The number of rotatable bonds is 9. The van der Waals surface area contributed by atoms with Crippen LogP contribution in [0.3, 0.4) is 0 Å². The second-order valence-electron chi connectivity index (χ2n) is 35.3. The summed E-state index contributed by atoms with van der Waals surface area (Å²) < 4.78 is 220. The van der Waals surface area contributed by atoms with Crippen LogP contribution in [0.1, 0.15) is 209 Å². The maximum absolute atomic E-state index is 13.9. The summed E-state index contributed by atoms with van der Waals surface area (Å²) in [7, 11) is 0.970. The molecule has 11 rings (SSSR count). The van der Waals surface area contributed by atoms with Crippen molar-refractivity contribution in [2.24, 2.45) is 17.8 Å². The summed E-state index contributed by atoms with van der Waals surface area (Å²) >= 11 is 2.66. The van der Waals surface area contributed by atoms with Gasteiger partial charge in [0.15, 0.2) is 0 Å². The van der Waals surface area contributed by atoms with E-state index >= 15 is 0 Å². The fourth-order valence-corrected chi connectivity index (χ4v) is 14.2. The number of nitrogens with one attached hydrogen (secondary N) is 1. The zero-order valence-corrected chi connectivity index (χ0v) is 72.7. The molecule has 0 saturated carbocycles. The number of carbonyl (C=O) groups excluding carboxylic acids is 5.